The Hall–Kier alpha value is -0.893. The van der Waals surface area contributed by atoms with E-state index in [1.165, 1.54) is 12.1 Å². The Morgan fingerprint density at radius 2 is 1.62 bits per heavy atom. The standard InChI is InChI=1S/C17H24F3O3Si/c1-12(2)21-16(23-24,22-13(3)4)10-6-8-14-7-5-9-15(11-14)17(18,19)20/h5,7,9,11-13H,6,8,10H2,1-4H3. The molecule has 0 aliphatic rings. The Labute approximate surface area is 145 Å². The van der Waals surface area contributed by atoms with Crippen molar-refractivity contribution in [1.82, 2.24) is 0 Å². The fourth-order valence-electron chi connectivity index (χ4n) is 2.38. The summed E-state index contributed by atoms with van der Waals surface area (Å²) in [5, 5.41) is 0. The molecule has 0 aliphatic heterocycles. The maximum atomic E-state index is 12.8. The smallest absolute Gasteiger partial charge is 0.371 e. The van der Waals surface area contributed by atoms with Crippen molar-refractivity contribution in [3.63, 3.8) is 0 Å². The largest absolute Gasteiger partial charge is 0.416 e. The van der Waals surface area contributed by atoms with Crippen LogP contribution in [0.25, 0.3) is 0 Å². The van der Waals surface area contributed by atoms with Gasteiger partial charge in [-0.15, -0.1) is 0 Å². The molecule has 0 spiro atoms. The number of hydrogen-bond donors (Lipinski definition) is 0. The zero-order valence-electron chi connectivity index (χ0n) is 14.4. The van der Waals surface area contributed by atoms with Crippen LogP contribution in [0.1, 0.15) is 51.7 Å². The number of aryl methyl sites for hydroxylation is 1. The number of halogens is 3. The highest BCUT2D eigenvalue weighted by molar-refractivity contribution is 5.98. The van der Waals surface area contributed by atoms with Gasteiger partial charge in [-0.2, -0.15) is 13.2 Å². The quantitative estimate of drug-likeness (QED) is 0.474. The Morgan fingerprint density at radius 3 is 2.08 bits per heavy atom. The van der Waals surface area contributed by atoms with Gasteiger partial charge >= 0.3 is 6.18 Å². The van der Waals surface area contributed by atoms with Gasteiger partial charge in [0, 0.05) is 6.42 Å². The van der Waals surface area contributed by atoms with Crippen molar-refractivity contribution in [2.45, 2.75) is 71.3 Å². The lowest BCUT2D eigenvalue weighted by molar-refractivity contribution is -0.369. The second-order valence-electron chi connectivity index (χ2n) is 6.17. The second kappa shape index (κ2) is 8.99. The SMILES string of the molecule is CC(C)OC(CCCc1cccc(C(F)(F)F)c1)(O[Si])OC(C)C. The second-order valence-corrected chi connectivity index (χ2v) is 6.37. The molecule has 135 valence electrons. The number of ether oxygens (including phenoxy) is 2. The average Bonchev–Trinajstić information content (AvgIpc) is 2.45. The van der Waals surface area contributed by atoms with Crippen LogP contribution in [0.2, 0.25) is 0 Å². The van der Waals surface area contributed by atoms with E-state index in [9.17, 15) is 13.2 Å². The molecule has 0 heterocycles. The van der Waals surface area contributed by atoms with E-state index in [0.29, 0.717) is 24.8 Å². The first-order valence-electron chi connectivity index (χ1n) is 7.94. The lowest BCUT2D eigenvalue weighted by Gasteiger charge is -2.35. The first-order valence-corrected chi connectivity index (χ1v) is 8.35. The van der Waals surface area contributed by atoms with E-state index < -0.39 is 17.7 Å². The Morgan fingerprint density at radius 1 is 1.04 bits per heavy atom. The summed E-state index contributed by atoms with van der Waals surface area (Å²) < 4.78 is 55.0. The van der Waals surface area contributed by atoms with Crippen LogP contribution in [0, 0.1) is 0 Å². The Bertz CT molecular complexity index is 494. The molecule has 3 radical (unpaired) electrons. The molecule has 1 rings (SSSR count). The third-order valence-corrected chi connectivity index (χ3v) is 3.50. The molecule has 0 atom stereocenters. The van der Waals surface area contributed by atoms with Crippen LogP contribution >= 0.6 is 0 Å². The minimum atomic E-state index is -4.33. The van der Waals surface area contributed by atoms with Crippen molar-refractivity contribution in [3.05, 3.63) is 35.4 Å². The van der Waals surface area contributed by atoms with Gasteiger partial charge in [0.05, 0.1) is 17.8 Å². The maximum absolute atomic E-state index is 12.8. The van der Waals surface area contributed by atoms with E-state index in [-0.39, 0.29) is 12.2 Å². The maximum Gasteiger partial charge on any atom is 0.416 e. The topological polar surface area (TPSA) is 27.7 Å². The van der Waals surface area contributed by atoms with Crippen molar-refractivity contribution in [1.29, 1.82) is 0 Å². The fraction of sp³-hybridized carbons (Fsp3) is 0.647. The van der Waals surface area contributed by atoms with Crippen LogP contribution in [0.15, 0.2) is 24.3 Å². The van der Waals surface area contributed by atoms with E-state index in [0.717, 1.165) is 6.07 Å². The molecule has 0 amide bonds. The van der Waals surface area contributed by atoms with Gasteiger partial charge in [0.15, 0.2) is 0 Å². The lowest BCUT2D eigenvalue weighted by Crippen LogP contribution is -2.42. The van der Waals surface area contributed by atoms with Gasteiger partial charge in [-0.25, -0.2) is 0 Å². The molecule has 7 heteroatoms. The van der Waals surface area contributed by atoms with Gasteiger partial charge in [-0.05, 0) is 52.2 Å². The molecule has 0 N–H and O–H groups in total. The van der Waals surface area contributed by atoms with E-state index in [1.807, 2.05) is 27.7 Å². The third-order valence-electron chi connectivity index (χ3n) is 3.19. The third kappa shape index (κ3) is 6.92. The summed E-state index contributed by atoms with van der Waals surface area (Å²) in [5.41, 5.74) is -0.0266. The number of hydrogen-bond acceptors (Lipinski definition) is 3. The molecule has 0 aromatic heterocycles. The number of rotatable bonds is 9. The van der Waals surface area contributed by atoms with Crippen molar-refractivity contribution >= 4 is 10.5 Å². The highest BCUT2D eigenvalue weighted by Gasteiger charge is 2.34. The van der Waals surface area contributed by atoms with E-state index in [2.05, 4.69) is 10.5 Å². The van der Waals surface area contributed by atoms with Crippen LogP contribution < -0.4 is 0 Å². The average molecular weight is 361 g/mol. The van der Waals surface area contributed by atoms with Gasteiger partial charge in [-0.1, -0.05) is 18.2 Å². The molecule has 3 nitrogen and oxygen atoms in total. The summed E-state index contributed by atoms with van der Waals surface area (Å²) in [7, 11) is 3.01. The Kier molecular flexibility index (Phi) is 7.92. The molecular weight excluding hydrogens is 337 g/mol. The zero-order chi connectivity index (χ0) is 18.4. The van der Waals surface area contributed by atoms with E-state index in [4.69, 9.17) is 13.9 Å². The van der Waals surface area contributed by atoms with Crippen molar-refractivity contribution < 1.29 is 27.1 Å². The van der Waals surface area contributed by atoms with Crippen LogP contribution in [0.5, 0.6) is 0 Å². The van der Waals surface area contributed by atoms with Gasteiger partial charge in [-0.3, -0.25) is 0 Å². The molecule has 1 aromatic carbocycles. The van der Waals surface area contributed by atoms with E-state index in [1.54, 1.807) is 6.07 Å². The van der Waals surface area contributed by atoms with Crippen LogP contribution in [-0.2, 0) is 26.5 Å². The first-order chi connectivity index (χ1) is 11.1. The van der Waals surface area contributed by atoms with Crippen LogP contribution in [0.3, 0.4) is 0 Å². The van der Waals surface area contributed by atoms with Gasteiger partial charge in [0.1, 0.15) is 0 Å². The minimum Gasteiger partial charge on any atom is -0.371 e. The molecule has 0 bridgehead atoms. The normalized spacial score (nSPS) is 13.1. The fourth-order valence-corrected chi connectivity index (χ4v) is 2.57. The van der Waals surface area contributed by atoms with Gasteiger partial charge < -0.3 is 13.9 Å². The molecule has 0 unspecified atom stereocenters. The van der Waals surface area contributed by atoms with E-state index >= 15 is 0 Å². The Balaban J connectivity index is 2.74. The highest BCUT2D eigenvalue weighted by atomic mass is 28.2. The van der Waals surface area contributed by atoms with Crippen LogP contribution in [0.4, 0.5) is 13.2 Å². The molecule has 24 heavy (non-hydrogen) atoms. The summed E-state index contributed by atoms with van der Waals surface area (Å²) in [5.74, 6) is -1.26. The van der Waals surface area contributed by atoms with Gasteiger partial charge in [0.25, 0.3) is 16.5 Å². The summed E-state index contributed by atoms with van der Waals surface area (Å²) in [4.78, 5) is 0. The number of alkyl halides is 3. The molecule has 0 fully saturated rings. The predicted octanol–water partition coefficient (Wildman–Crippen LogP) is 4.63. The van der Waals surface area contributed by atoms with Gasteiger partial charge in [0.2, 0.25) is 0 Å². The molecule has 1 aromatic rings. The molecular formula is C17H24F3O3Si. The summed E-state index contributed by atoms with van der Waals surface area (Å²) in [6.07, 6.45) is -3.21. The summed E-state index contributed by atoms with van der Waals surface area (Å²) >= 11 is 0. The number of benzene rings is 1. The van der Waals surface area contributed by atoms with Crippen LogP contribution in [-0.4, -0.2) is 28.7 Å². The first kappa shape index (κ1) is 21.2. The van der Waals surface area contributed by atoms with Crippen molar-refractivity contribution in [2.75, 3.05) is 0 Å². The van der Waals surface area contributed by atoms with Crippen molar-refractivity contribution in [2.24, 2.45) is 0 Å². The zero-order valence-corrected chi connectivity index (χ0v) is 15.4. The lowest BCUT2D eigenvalue weighted by atomic mass is 10.0. The van der Waals surface area contributed by atoms with Crippen molar-refractivity contribution in [3.8, 4) is 0 Å². The predicted molar refractivity (Wildman–Crippen MR) is 86.4 cm³/mol. The monoisotopic (exact) mass is 361 g/mol. The summed E-state index contributed by atoms with van der Waals surface area (Å²) in [6.45, 7) is 7.43. The molecule has 0 saturated heterocycles. The highest BCUT2D eigenvalue weighted by Crippen LogP contribution is 2.30. The minimum absolute atomic E-state index is 0.131. The molecule has 0 saturated carbocycles. The summed E-state index contributed by atoms with van der Waals surface area (Å²) in [6, 6.07) is 5.33. The molecule has 0 aliphatic carbocycles.